The van der Waals surface area contributed by atoms with Crippen molar-refractivity contribution in [2.45, 2.75) is 58.2 Å². The van der Waals surface area contributed by atoms with E-state index in [0.29, 0.717) is 24.2 Å². The Kier molecular flexibility index (Phi) is 15.2. The molecule has 4 amide bonds. The first kappa shape index (κ1) is 39.5. The molecule has 0 aliphatic carbocycles. The Bertz CT molecular complexity index is 1760. The highest BCUT2D eigenvalue weighted by Crippen LogP contribution is 2.42. The predicted molar refractivity (Wildman–Crippen MR) is 198 cm³/mol. The van der Waals surface area contributed by atoms with Gasteiger partial charge in [-0.05, 0) is 48.4 Å². The monoisotopic (exact) mass is 730 g/mol. The van der Waals surface area contributed by atoms with E-state index in [1.54, 1.807) is 48.5 Å². The molecular weight excluding hydrogens is 683 g/mol. The van der Waals surface area contributed by atoms with Gasteiger partial charge in [-0.1, -0.05) is 92.7 Å². The van der Waals surface area contributed by atoms with Crippen LogP contribution in [0.5, 0.6) is 0 Å². The zero-order valence-corrected chi connectivity index (χ0v) is 30.3. The van der Waals surface area contributed by atoms with Gasteiger partial charge >= 0.3 is 6.09 Å². The van der Waals surface area contributed by atoms with Crippen LogP contribution in [0.15, 0.2) is 104 Å². The quantitative estimate of drug-likeness (QED) is 0.0726. The lowest BCUT2D eigenvalue weighted by Gasteiger charge is -2.25. The molecule has 0 spiro atoms. The smallest absolute Gasteiger partial charge is 0.408 e. The van der Waals surface area contributed by atoms with Gasteiger partial charge < -0.3 is 35.9 Å². The molecule has 276 valence electrons. The number of nitrogens with one attached hydrogen (secondary N) is 5. The average Bonchev–Trinajstić information content (AvgIpc) is 3.65. The zero-order chi connectivity index (χ0) is 37.3. The molecule has 0 radical (unpaired) electrons. The molecule has 0 saturated carbocycles. The van der Waals surface area contributed by atoms with Gasteiger partial charge in [0.25, 0.3) is 0 Å². The number of ether oxygens (including phenoxy) is 1. The number of aryl methyl sites for hydroxylation is 1. The molecule has 13 nitrogen and oxygen atoms in total. The zero-order valence-electron chi connectivity index (χ0n) is 29.4. The average molecular weight is 731 g/mol. The van der Waals surface area contributed by atoms with E-state index < -0.39 is 61.6 Å². The second-order valence-corrected chi connectivity index (χ2v) is 15.4. The summed E-state index contributed by atoms with van der Waals surface area (Å²) in [7, 11) is -4.18. The van der Waals surface area contributed by atoms with Crippen LogP contribution in [0.25, 0.3) is 0 Å². The number of H-pyrrole nitrogens is 1. The number of hydrogen-bond acceptors (Lipinski definition) is 7. The normalized spacial score (nSPS) is 13.9. The highest BCUT2D eigenvalue weighted by molar-refractivity contribution is 7.58. The number of nitrogens with zero attached hydrogens (tertiary/aromatic N) is 1. The van der Waals surface area contributed by atoms with Crippen LogP contribution in [0, 0.1) is 11.8 Å². The molecule has 6 N–H and O–H groups in total. The number of aromatic nitrogens is 2. The third kappa shape index (κ3) is 13.8. The number of aromatic amines is 1. The van der Waals surface area contributed by atoms with Crippen LogP contribution in [0.1, 0.15) is 43.5 Å². The molecule has 4 aromatic rings. The number of para-hydroxylation sites is 1. The van der Waals surface area contributed by atoms with E-state index in [1.165, 1.54) is 12.5 Å². The third-order valence-electron chi connectivity index (χ3n) is 8.18. The van der Waals surface area contributed by atoms with E-state index in [4.69, 9.17) is 4.74 Å². The minimum Gasteiger partial charge on any atom is -0.445 e. The Labute approximate surface area is 303 Å². The summed E-state index contributed by atoms with van der Waals surface area (Å²) in [5.74, 6) is -2.55. The van der Waals surface area contributed by atoms with Crippen LogP contribution in [0.3, 0.4) is 0 Å². The number of anilines is 1. The van der Waals surface area contributed by atoms with Crippen LogP contribution in [-0.4, -0.2) is 63.2 Å². The number of alkyl carbamates (subject to hydrolysis) is 1. The lowest BCUT2D eigenvalue weighted by Crippen LogP contribution is -2.49. The molecule has 0 fully saturated rings. The molecule has 4 rings (SSSR count). The molecule has 3 aromatic carbocycles. The standard InChI is InChI=1S/C38H47N6O7P/c1-27(2)20-33(37(47)42-31-16-10-5-11-17-31)43-35(45)30(19-18-28-12-6-3-7-13-28)24-52(49,50)26-41-36(46)34(21-32-22-39-25-40-32)44-38(48)51-23-29-14-8-4-9-15-29/h3-17,22,25,27,30,33-34H,18-21,23-24,26H2,1-2H3,(H,39,40)(H,41,46)(H,42,47)(H,43,45)(H,44,48)(H,49,50)/t30?,33-,34-/m0/s1. The summed E-state index contributed by atoms with van der Waals surface area (Å²) in [6, 6.07) is 25.3. The van der Waals surface area contributed by atoms with Crippen molar-refractivity contribution < 1.29 is 33.4 Å². The largest absolute Gasteiger partial charge is 0.445 e. The maximum absolute atomic E-state index is 13.8. The molecule has 0 aliphatic rings. The summed E-state index contributed by atoms with van der Waals surface area (Å²) in [5, 5.41) is 10.7. The maximum atomic E-state index is 13.8. The van der Waals surface area contributed by atoms with E-state index >= 15 is 0 Å². The van der Waals surface area contributed by atoms with E-state index in [0.717, 1.165) is 11.1 Å². The predicted octanol–water partition coefficient (Wildman–Crippen LogP) is 5.01. The van der Waals surface area contributed by atoms with Crippen LogP contribution in [-0.2, 0) is 43.1 Å². The fourth-order valence-corrected chi connectivity index (χ4v) is 7.07. The van der Waals surface area contributed by atoms with Crippen molar-refractivity contribution in [2.75, 3.05) is 17.8 Å². The molecule has 4 atom stereocenters. The SMILES string of the molecule is CC(C)C[C@H](NC(=O)C(CCc1ccccc1)CP(=O)(O)CNC(=O)[C@H](Cc1cnc[nH]1)NC(=O)OCc1ccccc1)C(=O)Nc1ccccc1. The van der Waals surface area contributed by atoms with Gasteiger partial charge in [0.1, 0.15) is 18.7 Å². The first-order valence-corrected chi connectivity index (χ1v) is 19.2. The molecule has 1 heterocycles. The van der Waals surface area contributed by atoms with Crippen LogP contribution < -0.4 is 21.3 Å². The number of benzene rings is 3. The topological polar surface area (TPSA) is 192 Å². The van der Waals surface area contributed by atoms with E-state index in [2.05, 4.69) is 31.2 Å². The van der Waals surface area contributed by atoms with Gasteiger partial charge in [0.05, 0.1) is 12.6 Å². The molecular formula is C38H47N6O7P. The highest BCUT2D eigenvalue weighted by atomic mass is 31.2. The number of carbonyl (C=O) groups is 4. The summed E-state index contributed by atoms with van der Waals surface area (Å²) in [4.78, 5) is 71.1. The number of carbonyl (C=O) groups excluding carboxylic acids is 4. The fraction of sp³-hybridized carbons (Fsp3) is 0.342. The molecule has 0 aliphatic heterocycles. The van der Waals surface area contributed by atoms with Crippen molar-refractivity contribution in [2.24, 2.45) is 11.8 Å². The molecule has 2 unspecified atom stereocenters. The summed E-state index contributed by atoms with van der Waals surface area (Å²) in [6.45, 7) is 3.85. The van der Waals surface area contributed by atoms with Crippen LogP contribution >= 0.6 is 7.37 Å². The first-order valence-electron chi connectivity index (χ1n) is 17.2. The van der Waals surface area contributed by atoms with Crippen molar-refractivity contribution in [3.8, 4) is 0 Å². The lowest BCUT2D eigenvalue weighted by atomic mass is 9.98. The Morgan fingerprint density at radius 1 is 0.827 bits per heavy atom. The number of imidazole rings is 1. The van der Waals surface area contributed by atoms with Gasteiger partial charge in [-0.3, -0.25) is 18.9 Å². The lowest BCUT2D eigenvalue weighted by molar-refractivity contribution is -0.129. The second kappa shape index (κ2) is 20.0. The highest BCUT2D eigenvalue weighted by Gasteiger charge is 2.33. The van der Waals surface area contributed by atoms with Crippen molar-refractivity contribution in [3.05, 3.63) is 120 Å². The van der Waals surface area contributed by atoms with Crippen LogP contribution in [0.4, 0.5) is 10.5 Å². The number of hydrogen-bond donors (Lipinski definition) is 6. The first-order chi connectivity index (χ1) is 25.0. The van der Waals surface area contributed by atoms with Gasteiger partial charge in [0.15, 0.2) is 0 Å². The van der Waals surface area contributed by atoms with Gasteiger partial charge in [-0.2, -0.15) is 0 Å². The molecule has 0 bridgehead atoms. The summed E-state index contributed by atoms with van der Waals surface area (Å²) in [6.07, 6.45) is 2.00. The van der Waals surface area contributed by atoms with Crippen LogP contribution in [0.2, 0.25) is 0 Å². The third-order valence-corrected chi connectivity index (χ3v) is 9.85. The second-order valence-electron chi connectivity index (χ2n) is 13.0. The fourth-order valence-electron chi connectivity index (χ4n) is 5.50. The van der Waals surface area contributed by atoms with Gasteiger partial charge in [0, 0.05) is 36.1 Å². The van der Waals surface area contributed by atoms with E-state index in [9.17, 15) is 28.6 Å². The summed E-state index contributed by atoms with van der Waals surface area (Å²) < 4.78 is 18.9. The Morgan fingerprint density at radius 2 is 1.46 bits per heavy atom. The molecule has 1 aromatic heterocycles. The van der Waals surface area contributed by atoms with Crippen molar-refractivity contribution >= 4 is 36.9 Å². The minimum absolute atomic E-state index is 0.00634. The molecule has 52 heavy (non-hydrogen) atoms. The Hall–Kier alpha value is -5.26. The minimum atomic E-state index is -4.18. The summed E-state index contributed by atoms with van der Waals surface area (Å²) in [5.41, 5.74) is 2.82. The van der Waals surface area contributed by atoms with Gasteiger partial charge in [-0.25, -0.2) is 9.78 Å². The van der Waals surface area contributed by atoms with Crippen molar-refractivity contribution in [1.29, 1.82) is 0 Å². The number of rotatable bonds is 19. The maximum Gasteiger partial charge on any atom is 0.408 e. The Morgan fingerprint density at radius 3 is 2.08 bits per heavy atom. The van der Waals surface area contributed by atoms with Gasteiger partial charge in [-0.15, -0.1) is 0 Å². The Balaban J connectivity index is 1.43. The van der Waals surface area contributed by atoms with Crippen molar-refractivity contribution in [3.63, 3.8) is 0 Å². The summed E-state index contributed by atoms with van der Waals surface area (Å²) >= 11 is 0. The van der Waals surface area contributed by atoms with E-state index in [-0.39, 0.29) is 25.4 Å². The molecule has 14 heteroatoms. The van der Waals surface area contributed by atoms with E-state index in [1.807, 2.05) is 56.3 Å². The molecule has 0 saturated heterocycles. The number of amides is 4. The van der Waals surface area contributed by atoms with Gasteiger partial charge in [0.2, 0.25) is 25.1 Å². The van der Waals surface area contributed by atoms with Crippen molar-refractivity contribution in [1.82, 2.24) is 25.9 Å².